The molecule has 3 rings (SSSR count). The SMILES string of the molecule is COc1cc2c(cc1OCc1ccccc1)COC(C)C2=O. The Morgan fingerprint density at radius 1 is 1.18 bits per heavy atom. The van der Waals surface area contributed by atoms with Crippen LogP contribution in [0, 0.1) is 0 Å². The van der Waals surface area contributed by atoms with Gasteiger partial charge in [-0.05, 0) is 30.2 Å². The number of ketones is 1. The third-order valence-electron chi connectivity index (χ3n) is 3.75. The van der Waals surface area contributed by atoms with E-state index in [9.17, 15) is 4.79 Å². The maximum Gasteiger partial charge on any atom is 0.191 e. The van der Waals surface area contributed by atoms with Gasteiger partial charge in [0.05, 0.1) is 13.7 Å². The van der Waals surface area contributed by atoms with Crippen molar-refractivity contribution in [2.24, 2.45) is 0 Å². The number of Topliss-reactive ketones (excluding diaryl/α,β-unsaturated/α-hetero) is 1. The first kappa shape index (κ1) is 14.6. The Hall–Kier alpha value is -2.33. The first-order valence-electron chi connectivity index (χ1n) is 7.22. The van der Waals surface area contributed by atoms with Gasteiger partial charge in [-0.3, -0.25) is 4.79 Å². The number of carbonyl (C=O) groups excluding carboxylic acids is 1. The summed E-state index contributed by atoms with van der Waals surface area (Å²) < 4.78 is 16.7. The van der Waals surface area contributed by atoms with Crippen molar-refractivity contribution < 1.29 is 19.0 Å². The lowest BCUT2D eigenvalue weighted by molar-refractivity contribution is 0.0335. The van der Waals surface area contributed by atoms with E-state index in [0.717, 1.165) is 11.1 Å². The summed E-state index contributed by atoms with van der Waals surface area (Å²) in [6.45, 7) is 2.62. The smallest absolute Gasteiger partial charge is 0.191 e. The van der Waals surface area contributed by atoms with Gasteiger partial charge in [-0.25, -0.2) is 0 Å². The number of carbonyl (C=O) groups is 1. The Balaban J connectivity index is 1.87. The number of hydrogen-bond donors (Lipinski definition) is 0. The Morgan fingerprint density at radius 2 is 1.95 bits per heavy atom. The van der Waals surface area contributed by atoms with Crippen molar-refractivity contribution in [2.45, 2.75) is 26.2 Å². The van der Waals surface area contributed by atoms with Crippen LogP contribution in [0.15, 0.2) is 42.5 Å². The number of methoxy groups -OCH3 is 1. The summed E-state index contributed by atoms with van der Waals surface area (Å²) in [6, 6.07) is 13.5. The molecule has 0 spiro atoms. The van der Waals surface area contributed by atoms with Crippen LogP contribution >= 0.6 is 0 Å². The summed E-state index contributed by atoms with van der Waals surface area (Å²) in [6.07, 6.45) is -0.409. The van der Waals surface area contributed by atoms with E-state index in [-0.39, 0.29) is 5.78 Å². The number of hydrogen-bond acceptors (Lipinski definition) is 4. The number of ether oxygens (including phenoxy) is 3. The van der Waals surface area contributed by atoms with Crippen LogP contribution in [0.1, 0.15) is 28.4 Å². The fourth-order valence-electron chi connectivity index (χ4n) is 2.47. The monoisotopic (exact) mass is 298 g/mol. The third kappa shape index (κ3) is 2.83. The predicted octanol–water partition coefficient (Wildman–Crippen LogP) is 3.38. The summed E-state index contributed by atoms with van der Waals surface area (Å²) in [5.41, 5.74) is 2.57. The maximum atomic E-state index is 12.2. The minimum atomic E-state index is -0.409. The molecule has 4 nitrogen and oxygen atoms in total. The second-order valence-corrected chi connectivity index (χ2v) is 5.25. The quantitative estimate of drug-likeness (QED) is 0.868. The molecule has 1 atom stereocenters. The second kappa shape index (κ2) is 6.20. The van der Waals surface area contributed by atoms with Gasteiger partial charge >= 0.3 is 0 Å². The van der Waals surface area contributed by atoms with Crippen LogP contribution in [-0.2, 0) is 18.0 Å². The molecule has 0 saturated heterocycles. The first-order chi connectivity index (χ1) is 10.7. The zero-order chi connectivity index (χ0) is 15.5. The summed E-state index contributed by atoms with van der Waals surface area (Å²) in [5.74, 6) is 1.17. The van der Waals surface area contributed by atoms with Gasteiger partial charge in [-0.2, -0.15) is 0 Å². The average molecular weight is 298 g/mol. The van der Waals surface area contributed by atoms with Crippen LogP contribution < -0.4 is 9.47 Å². The van der Waals surface area contributed by atoms with E-state index >= 15 is 0 Å². The van der Waals surface area contributed by atoms with E-state index in [1.165, 1.54) is 0 Å². The maximum absolute atomic E-state index is 12.2. The highest BCUT2D eigenvalue weighted by atomic mass is 16.5. The van der Waals surface area contributed by atoms with Gasteiger partial charge in [0.1, 0.15) is 12.7 Å². The molecule has 1 aliphatic rings. The summed E-state index contributed by atoms with van der Waals surface area (Å²) in [5, 5.41) is 0. The van der Waals surface area contributed by atoms with Gasteiger partial charge in [0.25, 0.3) is 0 Å². The van der Waals surface area contributed by atoms with Crippen molar-refractivity contribution in [3.63, 3.8) is 0 Å². The molecule has 114 valence electrons. The normalized spacial score (nSPS) is 17.0. The molecule has 22 heavy (non-hydrogen) atoms. The molecule has 0 amide bonds. The van der Waals surface area contributed by atoms with Crippen molar-refractivity contribution in [1.29, 1.82) is 0 Å². The Labute approximate surface area is 129 Å². The van der Waals surface area contributed by atoms with Gasteiger partial charge in [0.2, 0.25) is 0 Å². The zero-order valence-corrected chi connectivity index (χ0v) is 12.7. The van der Waals surface area contributed by atoms with Crippen LogP contribution in [0.25, 0.3) is 0 Å². The fraction of sp³-hybridized carbons (Fsp3) is 0.278. The third-order valence-corrected chi connectivity index (χ3v) is 3.75. The molecule has 0 aliphatic carbocycles. The van der Waals surface area contributed by atoms with E-state index in [1.807, 2.05) is 36.4 Å². The predicted molar refractivity (Wildman–Crippen MR) is 82.3 cm³/mol. The molecule has 0 bridgehead atoms. The summed E-state index contributed by atoms with van der Waals surface area (Å²) in [4.78, 5) is 12.2. The van der Waals surface area contributed by atoms with Crippen molar-refractivity contribution >= 4 is 5.78 Å². The van der Waals surface area contributed by atoms with Crippen molar-refractivity contribution in [1.82, 2.24) is 0 Å². The highest BCUT2D eigenvalue weighted by Crippen LogP contribution is 2.34. The van der Waals surface area contributed by atoms with E-state index < -0.39 is 6.10 Å². The molecule has 0 saturated carbocycles. The molecular formula is C18H18O4. The minimum Gasteiger partial charge on any atom is -0.493 e. The second-order valence-electron chi connectivity index (χ2n) is 5.25. The van der Waals surface area contributed by atoms with Crippen molar-refractivity contribution in [3.8, 4) is 11.5 Å². The van der Waals surface area contributed by atoms with Gasteiger partial charge in [-0.15, -0.1) is 0 Å². The molecule has 0 aromatic heterocycles. The van der Waals surface area contributed by atoms with Crippen LogP contribution in [0.5, 0.6) is 11.5 Å². The highest BCUT2D eigenvalue weighted by Gasteiger charge is 2.26. The molecule has 0 N–H and O–H groups in total. The van der Waals surface area contributed by atoms with Crippen LogP contribution in [0.4, 0.5) is 0 Å². The first-order valence-corrected chi connectivity index (χ1v) is 7.22. The lowest BCUT2D eigenvalue weighted by Gasteiger charge is -2.23. The fourth-order valence-corrected chi connectivity index (χ4v) is 2.47. The summed E-state index contributed by atoms with van der Waals surface area (Å²) in [7, 11) is 1.57. The van der Waals surface area contributed by atoms with E-state index in [0.29, 0.717) is 30.3 Å². The molecule has 0 radical (unpaired) electrons. The minimum absolute atomic E-state index is 0.0193. The van der Waals surface area contributed by atoms with Gasteiger partial charge in [0, 0.05) is 5.56 Å². The highest BCUT2D eigenvalue weighted by molar-refractivity contribution is 6.01. The average Bonchev–Trinajstić information content (AvgIpc) is 2.57. The molecular weight excluding hydrogens is 280 g/mol. The topological polar surface area (TPSA) is 44.8 Å². The van der Waals surface area contributed by atoms with E-state index in [2.05, 4.69) is 0 Å². The molecule has 1 heterocycles. The number of rotatable bonds is 4. The Kier molecular flexibility index (Phi) is 4.11. The Morgan fingerprint density at radius 3 is 2.68 bits per heavy atom. The molecule has 2 aromatic rings. The van der Waals surface area contributed by atoms with Gasteiger partial charge in [0.15, 0.2) is 17.3 Å². The number of benzene rings is 2. The van der Waals surface area contributed by atoms with Crippen LogP contribution in [0.3, 0.4) is 0 Å². The van der Waals surface area contributed by atoms with E-state index in [4.69, 9.17) is 14.2 Å². The molecule has 1 aliphatic heterocycles. The number of fused-ring (bicyclic) bond motifs is 1. The van der Waals surface area contributed by atoms with Crippen molar-refractivity contribution in [3.05, 3.63) is 59.2 Å². The van der Waals surface area contributed by atoms with Gasteiger partial charge in [-0.1, -0.05) is 30.3 Å². The van der Waals surface area contributed by atoms with Crippen molar-refractivity contribution in [2.75, 3.05) is 7.11 Å². The summed E-state index contributed by atoms with van der Waals surface area (Å²) >= 11 is 0. The standard InChI is InChI=1S/C18H18O4/c1-12-18(19)15-9-16(20-2)17(8-14(15)11-21-12)22-10-13-6-4-3-5-7-13/h3-9,12H,10-11H2,1-2H3. The van der Waals surface area contributed by atoms with E-state index in [1.54, 1.807) is 20.1 Å². The molecule has 1 unspecified atom stereocenters. The lowest BCUT2D eigenvalue weighted by atomic mass is 9.97. The largest absolute Gasteiger partial charge is 0.493 e. The Bertz CT molecular complexity index is 679. The van der Waals surface area contributed by atoms with Crippen LogP contribution in [-0.4, -0.2) is 19.0 Å². The lowest BCUT2D eigenvalue weighted by Crippen LogP contribution is -2.27. The zero-order valence-electron chi connectivity index (χ0n) is 12.7. The van der Waals surface area contributed by atoms with Gasteiger partial charge < -0.3 is 14.2 Å². The molecule has 4 heteroatoms. The molecule has 2 aromatic carbocycles. The molecule has 0 fully saturated rings. The van der Waals surface area contributed by atoms with Crippen LogP contribution in [0.2, 0.25) is 0 Å².